The normalized spacial score (nSPS) is 20.3. The summed E-state index contributed by atoms with van der Waals surface area (Å²) in [6.07, 6.45) is 4.33. The van der Waals surface area contributed by atoms with Crippen LogP contribution < -0.4 is 5.32 Å². The smallest absolute Gasteiger partial charge is 0.107 e. The van der Waals surface area contributed by atoms with Gasteiger partial charge < -0.3 is 5.32 Å². The second kappa shape index (κ2) is 7.16. The zero-order chi connectivity index (χ0) is 14.5. The molecule has 0 radical (unpaired) electrons. The predicted octanol–water partition coefficient (Wildman–Crippen LogP) is 3.24. The molecule has 1 fully saturated rings. The number of nitrogens with one attached hydrogen (secondary N) is 1. The molecule has 1 aliphatic rings. The third kappa shape index (κ3) is 3.90. The molecule has 3 rings (SSSR count). The molecule has 0 spiro atoms. The molecule has 1 atom stereocenters. The molecule has 2 heterocycles. The van der Waals surface area contributed by atoms with E-state index in [1.54, 1.807) is 0 Å². The molecule has 1 N–H and O–H groups in total. The Labute approximate surface area is 131 Å². The Morgan fingerprint density at radius 1 is 1.33 bits per heavy atom. The van der Waals surface area contributed by atoms with Crippen molar-refractivity contribution in [1.82, 2.24) is 15.2 Å². The average molecular weight is 301 g/mol. The highest BCUT2D eigenvalue weighted by molar-refractivity contribution is 7.11. The van der Waals surface area contributed by atoms with E-state index in [0.717, 1.165) is 32.6 Å². The van der Waals surface area contributed by atoms with Crippen LogP contribution in [0.2, 0.25) is 0 Å². The van der Waals surface area contributed by atoms with Crippen molar-refractivity contribution in [3.05, 3.63) is 52.0 Å². The van der Waals surface area contributed by atoms with Gasteiger partial charge in [0, 0.05) is 23.7 Å². The van der Waals surface area contributed by atoms with Gasteiger partial charge in [-0.25, -0.2) is 4.98 Å². The number of rotatable bonds is 4. The Kier molecular flexibility index (Phi) is 5.01. The van der Waals surface area contributed by atoms with Gasteiger partial charge in [0.25, 0.3) is 0 Å². The molecule has 0 amide bonds. The van der Waals surface area contributed by atoms with Gasteiger partial charge in [0.1, 0.15) is 5.01 Å². The van der Waals surface area contributed by atoms with Crippen molar-refractivity contribution in [2.75, 3.05) is 19.6 Å². The van der Waals surface area contributed by atoms with Crippen LogP contribution in [0.25, 0.3) is 0 Å². The van der Waals surface area contributed by atoms with E-state index in [0.29, 0.717) is 6.04 Å². The van der Waals surface area contributed by atoms with E-state index in [1.165, 1.54) is 21.9 Å². The van der Waals surface area contributed by atoms with Crippen LogP contribution in [0.5, 0.6) is 0 Å². The van der Waals surface area contributed by atoms with Gasteiger partial charge in [-0.3, -0.25) is 4.90 Å². The lowest BCUT2D eigenvalue weighted by atomic mass is 10.1. The van der Waals surface area contributed by atoms with Crippen molar-refractivity contribution in [2.24, 2.45) is 0 Å². The predicted molar refractivity (Wildman–Crippen MR) is 88.6 cm³/mol. The molecule has 0 aliphatic carbocycles. The maximum atomic E-state index is 4.57. The minimum absolute atomic E-state index is 0.430. The fraction of sp³-hybridized carbons (Fsp3) is 0.471. The second-order valence-electron chi connectivity index (χ2n) is 5.58. The lowest BCUT2D eigenvalue weighted by Gasteiger charge is -2.23. The number of benzene rings is 1. The van der Waals surface area contributed by atoms with Crippen molar-refractivity contribution in [1.29, 1.82) is 0 Å². The molecule has 0 bridgehead atoms. The van der Waals surface area contributed by atoms with Crippen LogP contribution in [0.3, 0.4) is 0 Å². The summed E-state index contributed by atoms with van der Waals surface area (Å²) < 4.78 is 0. The minimum Gasteiger partial charge on any atom is -0.309 e. The van der Waals surface area contributed by atoms with E-state index in [4.69, 9.17) is 0 Å². The summed E-state index contributed by atoms with van der Waals surface area (Å²) in [5.74, 6) is 0. The molecule has 1 aliphatic heterocycles. The number of thiazole rings is 1. The molecule has 0 saturated carbocycles. The lowest BCUT2D eigenvalue weighted by Crippen LogP contribution is -2.31. The summed E-state index contributed by atoms with van der Waals surface area (Å²) >= 11 is 1.86. The summed E-state index contributed by atoms with van der Waals surface area (Å²) in [7, 11) is 0. The second-order valence-corrected chi connectivity index (χ2v) is 6.78. The first-order valence-corrected chi connectivity index (χ1v) is 8.61. The minimum atomic E-state index is 0.430. The van der Waals surface area contributed by atoms with Crippen molar-refractivity contribution >= 4 is 11.3 Å². The number of aromatic nitrogens is 1. The highest BCUT2D eigenvalue weighted by Crippen LogP contribution is 2.20. The van der Waals surface area contributed by atoms with E-state index in [2.05, 4.69) is 52.5 Å². The standard InChI is InChI=1S/C17H23N3S/c1-2-15-11-19-17(21-15)13-20-10-6-9-18-16(12-20)14-7-4-3-5-8-14/h3-5,7-8,11,16,18H,2,6,9-10,12-13H2,1H3. The molecule has 112 valence electrons. The molecule has 3 nitrogen and oxygen atoms in total. The van der Waals surface area contributed by atoms with E-state index >= 15 is 0 Å². The number of aryl methyl sites for hydroxylation is 1. The van der Waals surface area contributed by atoms with Crippen molar-refractivity contribution in [3.63, 3.8) is 0 Å². The molecule has 1 unspecified atom stereocenters. The van der Waals surface area contributed by atoms with Crippen molar-refractivity contribution in [3.8, 4) is 0 Å². The highest BCUT2D eigenvalue weighted by Gasteiger charge is 2.19. The van der Waals surface area contributed by atoms with Crippen molar-refractivity contribution < 1.29 is 0 Å². The van der Waals surface area contributed by atoms with Gasteiger partial charge in [0.15, 0.2) is 0 Å². The molecule has 21 heavy (non-hydrogen) atoms. The van der Waals surface area contributed by atoms with Gasteiger partial charge in [-0.05, 0) is 31.5 Å². The van der Waals surface area contributed by atoms with E-state index in [9.17, 15) is 0 Å². The zero-order valence-corrected chi connectivity index (χ0v) is 13.4. The molecular weight excluding hydrogens is 278 g/mol. The molecule has 2 aromatic rings. The number of hydrogen-bond donors (Lipinski definition) is 1. The molecule has 1 saturated heterocycles. The quantitative estimate of drug-likeness (QED) is 0.939. The molecule has 1 aromatic heterocycles. The average Bonchev–Trinajstić information content (AvgIpc) is 2.85. The summed E-state index contributed by atoms with van der Waals surface area (Å²) in [4.78, 5) is 8.49. The SMILES string of the molecule is CCc1cnc(CN2CCCNC(c3ccccc3)C2)s1. The van der Waals surface area contributed by atoms with Crippen molar-refractivity contribution in [2.45, 2.75) is 32.4 Å². The first-order chi connectivity index (χ1) is 10.3. The molecule has 4 heteroatoms. The lowest BCUT2D eigenvalue weighted by molar-refractivity contribution is 0.260. The van der Waals surface area contributed by atoms with Gasteiger partial charge in [-0.1, -0.05) is 37.3 Å². The van der Waals surface area contributed by atoms with Gasteiger partial charge in [-0.15, -0.1) is 11.3 Å². The van der Waals surface area contributed by atoms with Crippen LogP contribution >= 0.6 is 11.3 Å². The summed E-state index contributed by atoms with van der Waals surface area (Å²) in [6, 6.07) is 11.2. The van der Waals surface area contributed by atoms with Crippen LogP contribution in [-0.4, -0.2) is 29.5 Å². The summed E-state index contributed by atoms with van der Waals surface area (Å²) in [5, 5.41) is 4.92. The van der Waals surface area contributed by atoms with E-state index in [1.807, 2.05) is 17.5 Å². The van der Waals surface area contributed by atoms with Crippen LogP contribution in [0.4, 0.5) is 0 Å². The van der Waals surface area contributed by atoms with Crippen LogP contribution in [0.15, 0.2) is 36.5 Å². The topological polar surface area (TPSA) is 28.2 Å². The molecule has 1 aromatic carbocycles. The van der Waals surface area contributed by atoms with Gasteiger partial charge in [0.2, 0.25) is 0 Å². The Morgan fingerprint density at radius 3 is 2.95 bits per heavy atom. The first-order valence-electron chi connectivity index (χ1n) is 7.79. The summed E-state index contributed by atoms with van der Waals surface area (Å²) in [6.45, 7) is 6.48. The van der Waals surface area contributed by atoms with Gasteiger partial charge in [0.05, 0.1) is 6.54 Å². The monoisotopic (exact) mass is 301 g/mol. The maximum absolute atomic E-state index is 4.57. The number of nitrogens with zero attached hydrogens (tertiary/aromatic N) is 2. The van der Waals surface area contributed by atoms with Crippen LogP contribution in [0, 0.1) is 0 Å². The molecular formula is C17H23N3S. The van der Waals surface area contributed by atoms with Gasteiger partial charge in [-0.2, -0.15) is 0 Å². The Hall–Kier alpha value is -1.23. The largest absolute Gasteiger partial charge is 0.309 e. The zero-order valence-electron chi connectivity index (χ0n) is 12.6. The fourth-order valence-electron chi connectivity index (χ4n) is 2.82. The number of hydrogen-bond acceptors (Lipinski definition) is 4. The highest BCUT2D eigenvalue weighted by atomic mass is 32.1. The van der Waals surface area contributed by atoms with Crippen LogP contribution in [0.1, 0.15) is 34.8 Å². The van der Waals surface area contributed by atoms with Crippen LogP contribution in [-0.2, 0) is 13.0 Å². The van der Waals surface area contributed by atoms with E-state index in [-0.39, 0.29) is 0 Å². The van der Waals surface area contributed by atoms with E-state index < -0.39 is 0 Å². The Morgan fingerprint density at radius 2 is 2.19 bits per heavy atom. The Balaban J connectivity index is 1.67. The first kappa shape index (κ1) is 14.7. The summed E-state index contributed by atoms with van der Waals surface area (Å²) in [5.41, 5.74) is 1.39. The van der Waals surface area contributed by atoms with Gasteiger partial charge >= 0.3 is 0 Å². The third-order valence-electron chi connectivity index (χ3n) is 3.99. The maximum Gasteiger partial charge on any atom is 0.107 e. The Bertz CT molecular complexity index is 552. The fourth-order valence-corrected chi connectivity index (χ4v) is 3.73. The third-order valence-corrected chi connectivity index (χ3v) is 5.12.